The van der Waals surface area contributed by atoms with Crippen molar-refractivity contribution < 1.29 is 22.1 Å². The minimum Gasteiger partial charge on any atom is -0.395 e. The summed E-state index contributed by atoms with van der Waals surface area (Å²) in [5.74, 6) is 0. The highest BCUT2D eigenvalue weighted by Gasteiger charge is 2.47. The first-order valence-electron chi connectivity index (χ1n) is 15.9. The van der Waals surface area contributed by atoms with Crippen LogP contribution in [0.1, 0.15) is 57.7 Å². The molecule has 0 spiro atoms. The number of benzene rings is 1. The van der Waals surface area contributed by atoms with Crippen LogP contribution in [-0.4, -0.2) is 105 Å². The Labute approximate surface area is 267 Å². The zero-order valence-corrected chi connectivity index (χ0v) is 34.2. The van der Waals surface area contributed by atoms with Crippen LogP contribution in [0, 0.1) is 0 Å². The molecule has 0 saturated carbocycles. The van der Waals surface area contributed by atoms with Crippen LogP contribution in [0.3, 0.4) is 0 Å². The van der Waals surface area contributed by atoms with Gasteiger partial charge in [-0.3, -0.25) is 0 Å². The van der Waals surface area contributed by atoms with Crippen molar-refractivity contribution in [3.8, 4) is 0 Å². The van der Waals surface area contributed by atoms with E-state index in [-0.39, 0.29) is 5.54 Å². The molecule has 0 fully saturated rings. The molecule has 1 aromatic rings. The van der Waals surface area contributed by atoms with E-state index in [0.717, 1.165) is 67.4 Å². The van der Waals surface area contributed by atoms with Gasteiger partial charge >= 0.3 is 17.4 Å². The molecule has 42 heavy (non-hydrogen) atoms. The maximum Gasteiger partial charge on any atom is 0.507 e. The lowest BCUT2D eigenvalue weighted by Gasteiger charge is -2.37. The number of anilines is 1. The van der Waals surface area contributed by atoms with Crippen LogP contribution in [0.4, 0.5) is 5.69 Å². The Morgan fingerprint density at radius 3 is 1.95 bits per heavy atom. The summed E-state index contributed by atoms with van der Waals surface area (Å²) >= 11 is 0. The van der Waals surface area contributed by atoms with Crippen molar-refractivity contribution in [2.45, 2.75) is 97.8 Å². The zero-order valence-electron chi connectivity index (χ0n) is 29.2. The Hall–Kier alpha value is -0.136. The molecule has 1 N–H and O–H groups in total. The van der Waals surface area contributed by atoms with Crippen molar-refractivity contribution in [1.82, 2.24) is 5.32 Å². The molecule has 12 heteroatoms. The first-order chi connectivity index (χ1) is 20.0. The van der Waals surface area contributed by atoms with E-state index in [1.54, 1.807) is 37.3 Å². The van der Waals surface area contributed by atoms with Gasteiger partial charge in [-0.05, 0) is 82.2 Å². The van der Waals surface area contributed by atoms with Gasteiger partial charge in [0.1, 0.15) is 0 Å². The lowest BCUT2D eigenvalue weighted by Crippen LogP contribution is -2.52. The molecule has 1 atom stereocenters. The summed E-state index contributed by atoms with van der Waals surface area (Å²) < 4.78 is 30.1. The summed E-state index contributed by atoms with van der Waals surface area (Å²) in [5, 5.41) is 6.81. The molecule has 1 unspecified atom stereocenters. The summed E-state index contributed by atoms with van der Waals surface area (Å²) in [6.45, 7) is 27.4. The Morgan fingerprint density at radius 2 is 1.50 bits per heavy atom. The predicted octanol–water partition coefficient (Wildman–Crippen LogP) is 4.72. The standard InChI is InChI=1S/C30H62N2O5Si5/c1-14-32(15-2)29-26(19-21-38-24-31-20-18-22-41(13,36-16-3)37-17-4)28(39(9)10)23-27(30(29)40(11)12)25(5)42(33-6,34-7)35-8/h23,25,31H,14-22,24H2,1-13H3. The molecule has 1 aromatic carbocycles. The third-order valence-corrected chi connectivity index (χ3v) is 18.4. The largest absolute Gasteiger partial charge is 0.507 e. The highest BCUT2D eigenvalue weighted by Crippen LogP contribution is 2.32. The SMILES string of the molecule is CCO[Si](C)(CCCNC[Si]CCc1c([Si](C)C)cc(C(C)[Si](OC)(OC)OC)c([Si](C)C)c1N(CC)CC)OCC. The summed E-state index contributed by atoms with van der Waals surface area (Å²) in [6.07, 6.45) is 3.32. The predicted molar refractivity (Wildman–Crippen MR) is 191 cm³/mol. The van der Waals surface area contributed by atoms with Gasteiger partial charge in [0.2, 0.25) is 0 Å². The second kappa shape index (κ2) is 20.1. The Morgan fingerprint density at radius 1 is 0.929 bits per heavy atom. The molecule has 4 radical (unpaired) electrons. The van der Waals surface area contributed by atoms with Gasteiger partial charge in [-0.1, -0.05) is 50.4 Å². The summed E-state index contributed by atoms with van der Waals surface area (Å²) in [6, 6.07) is 4.79. The third-order valence-electron chi connectivity index (χ3n) is 8.09. The van der Waals surface area contributed by atoms with Gasteiger partial charge in [0.05, 0.1) is 32.7 Å². The number of rotatable bonds is 23. The first-order valence-corrected chi connectivity index (χ1v) is 26.6. The second-order valence-electron chi connectivity index (χ2n) is 11.4. The molecule has 242 valence electrons. The minimum atomic E-state index is -2.87. The van der Waals surface area contributed by atoms with Crippen LogP contribution in [0.2, 0.25) is 44.8 Å². The van der Waals surface area contributed by atoms with E-state index < -0.39 is 35.0 Å². The fourth-order valence-electron chi connectivity index (χ4n) is 5.97. The Balaban J connectivity index is 3.25. The normalized spacial score (nSPS) is 13.4. The fraction of sp³-hybridized carbons (Fsp3) is 0.800. The Kier molecular flexibility index (Phi) is 19.1. The van der Waals surface area contributed by atoms with Gasteiger partial charge in [-0.25, -0.2) is 0 Å². The second-order valence-corrected chi connectivity index (χ2v) is 24.4. The van der Waals surface area contributed by atoms with Crippen LogP contribution in [0.25, 0.3) is 0 Å². The van der Waals surface area contributed by atoms with Crippen molar-refractivity contribution in [2.75, 3.05) is 65.2 Å². The molecule has 0 aromatic heterocycles. The molecular formula is C30H62N2O5Si5. The highest BCUT2D eigenvalue weighted by molar-refractivity contribution is 6.75. The van der Waals surface area contributed by atoms with Gasteiger partial charge in [-0.2, -0.15) is 0 Å². The molecule has 0 bridgehead atoms. The number of hydrogen-bond donors (Lipinski definition) is 1. The van der Waals surface area contributed by atoms with Crippen LogP contribution in [-0.2, 0) is 28.6 Å². The summed E-state index contributed by atoms with van der Waals surface area (Å²) in [5.41, 5.74) is 4.55. The van der Waals surface area contributed by atoms with Crippen LogP contribution in [0.5, 0.6) is 0 Å². The van der Waals surface area contributed by atoms with Crippen molar-refractivity contribution in [2.24, 2.45) is 0 Å². The van der Waals surface area contributed by atoms with Crippen molar-refractivity contribution in [1.29, 1.82) is 0 Å². The first kappa shape index (κ1) is 39.9. The van der Waals surface area contributed by atoms with E-state index >= 15 is 0 Å². The minimum absolute atomic E-state index is 0.0670. The number of nitrogens with zero attached hydrogens (tertiary/aromatic N) is 1. The van der Waals surface area contributed by atoms with Gasteiger partial charge in [-0.15, -0.1) is 0 Å². The van der Waals surface area contributed by atoms with E-state index in [4.69, 9.17) is 22.1 Å². The monoisotopic (exact) mass is 670 g/mol. The highest BCUT2D eigenvalue weighted by atomic mass is 28.4. The van der Waals surface area contributed by atoms with Crippen molar-refractivity contribution in [3.63, 3.8) is 0 Å². The van der Waals surface area contributed by atoms with Crippen LogP contribution in [0.15, 0.2) is 6.07 Å². The average Bonchev–Trinajstić information content (AvgIpc) is 2.96. The van der Waals surface area contributed by atoms with E-state index in [2.05, 4.69) is 83.6 Å². The molecule has 1 rings (SSSR count). The van der Waals surface area contributed by atoms with Crippen LogP contribution >= 0.6 is 0 Å². The number of hydrogen-bond acceptors (Lipinski definition) is 7. The van der Waals surface area contributed by atoms with Crippen molar-refractivity contribution >= 4 is 60.5 Å². The van der Waals surface area contributed by atoms with E-state index in [1.165, 1.54) is 17.3 Å². The van der Waals surface area contributed by atoms with Crippen LogP contribution < -0.4 is 20.6 Å². The zero-order chi connectivity index (χ0) is 31.9. The van der Waals surface area contributed by atoms with E-state index in [1.807, 2.05) is 0 Å². The maximum atomic E-state index is 6.02. The van der Waals surface area contributed by atoms with E-state index in [9.17, 15) is 0 Å². The average molecular weight is 671 g/mol. The van der Waals surface area contributed by atoms with Crippen molar-refractivity contribution in [3.05, 3.63) is 17.2 Å². The van der Waals surface area contributed by atoms with Gasteiger partial charge in [0.15, 0.2) is 0 Å². The lowest BCUT2D eigenvalue weighted by molar-refractivity contribution is 0.114. The van der Waals surface area contributed by atoms with E-state index in [0.29, 0.717) is 0 Å². The van der Waals surface area contributed by atoms with Gasteiger partial charge in [0, 0.05) is 53.3 Å². The summed E-state index contributed by atoms with van der Waals surface area (Å²) in [7, 11) is -0.277. The lowest BCUT2D eigenvalue weighted by atomic mass is 10.0. The fourth-order valence-corrected chi connectivity index (χ4v) is 14.6. The van der Waals surface area contributed by atoms with Gasteiger partial charge < -0.3 is 32.3 Å². The maximum absolute atomic E-state index is 6.02. The molecule has 0 heterocycles. The third kappa shape index (κ3) is 10.7. The summed E-state index contributed by atoms with van der Waals surface area (Å²) in [4.78, 5) is 2.61. The van der Waals surface area contributed by atoms with Gasteiger partial charge in [0.25, 0.3) is 0 Å². The molecule has 0 aliphatic carbocycles. The molecule has 0 aliphatic heterocycles. The number of nitrogens with one attached hydrogen (secondary N) is 1. The Bertz CT molecular complexity index is 887. The molecule has 0 amide bonds. The molecule has 0 saturated heterocycles. The molecule has 7 nitrogen and oxygen atoms in total. The quantitative estimate of drug-likeness (QED) is 0.134. The molecular weight excluding hydrogens is 609 g/mol. The smallest absolute Gasteiger partial charge is 0.395 e. The topological polar surface area (TPSA) is 61.4 Å². The molecule has 0 aliphatic rings.